The van der Waals surface area contributed by atoms with Gasteiger partial charge in [-0.1, -0.05) is 20.8 Å². The van der Waals surface area contributed by atoms with Crippen LogP contribution < -0.4 is 0 Å². The van der Waals surface area contributed by atoms with Gasteiger partial charge < -0.3 is 5.11 Å². The van der Waals surface area contributed by atoms with Gasteiger partial charge in [-0.25, -0.2) is 9.97 Å². The molecule has 0 fully saturated rings. The predicted octanol–water partition coefficient (Wildman–Crippen LogP) is 3.10. The molecule has 0 aliphatic heterocycles. The molecule has 0 aromatic carbocycles. The van der Waals surface area contributed by atoms with Crippen molar-refractivity contribution in [2.24, 2.45) is 5.41 Å². The molecule has 7 heteroatoms. The minimum absolute atomic E-state index is 0.173. The van der Waals surface area contributed by atoms with Crippen LogP contribution in [-0.2, 0) is 11.0 Å². The van der Waals surface area contributed by atoms with Gasteiger partial charge in [-0.15, -0.1) is 0 Å². The molecule has 0 spiro atoms. The molecule has 106 valence electrons. The van der Waals surface area contributed by atoms with Crippen molar-refractivity contribution in [2.75, 3.05) is 0 Å². The number of rotatable bonds is 4. The van der Waals surface area contributed by atoms with E-state index in [-0.39, 0.29) is 5.56 Å². The second-order valence-electron chi connectivity index (χ2n) is 4.95. The Morgan fingerprint density at radius 1 is 1.32 bits per heavy atom. The lowest BCUT2D eigenvalue weighted by molar-refractivity contribution is -0.145. The van der Waals surface area contributed by atoms with Crippen LogP contribution in [0.3, 0.4) is 0 Å². The molecular formula is C12H15F3N2O2. The molecule has 1 N–H and O–H groups in total. The molecule has 1 atom stereocenters. The van der Waals surface area contributed by atoms with Crippen LogP contribution in [0.25, 0.3) is 0 Å². The maximum Gasteiger partial charge on any atom is 0.451 e. The molecule has 1 aromatic rings. The van der Waals surface area contributed by atoms with Crippen LogP contribution >= 0.6 is 0 Å². The normalized spacial score (nSPS) is 14.2. The monoisotopic (exact) mass is 276 g/mol. The first-order valence-electron chi connectivity index (χ1n) is 5.71. The zero-order chi connectivity index (χ0) is 14.8. The summed E-state index contributed by atoms with van der Waals surface area (Å²) >= 11 is 0. The highest BCUT2D eigenvalue weighted by Crippen LogP contribution is 2.38. The largest absolute Gasteiger partial charge is 0.481 e. The zero-order valence-electron chi connectivity index (χ0n) is 10.8. The van der Waals surface area contributed by atoms with Crippen molar-refractivity contribution < 1.29 is 23.1 Å². The molecule has 0 saturated carbocycles. The summed E-state index contributed by atoms with van der Waals surface area (Å²) in [6.07, 6.45) is -2.19. The molecule has 0 aliphatic carbocycles. The average molecular weight is 276 g/mol. The lowest BCUT2D eigenvalue weighted by atomic mass is 9.74. The van der Waals surface area contributed by atoms with Gasteiger partial charge in [0.05, 0.1) is 5.92 Å². The summed E-state index contributed by atoms with van der Waals surface area (Å²) < 4.78 is 37.0. The van der Waals surface area contributed by atoms with E-state index in [4.69, 9.17) is 0 Å². The van der Waals surface area contributed by atoms with Gasteiger partial charge in [-0.3, -0.25) is 4.79 Å². The van der Waals surface area contributed by atoms with Crippen LogP contribution in [0.15, 0.2) is 12.4 Å². The molecule has 4 nitrogen and oxygen atoms in total. The van der Waals surface area contributed by atoms with Crippen LogP contribution in [0.5, 0.6) is 0 Å². The summed E-state index contributed by atoms with van der Waals surface area (Å²) in [7, 11) is 0. The van der Waals surface area contributed by atoms with E-state index in [1.165, 1.54) is 0 Å². The summed E-state index contributed by atoms with van der Waals surface area (Å²) in [4.78, 5) is 17.7. The number of alkyl halides is 3. The van der Waals surface area contributed by atoms with E-state index in [0.717, 1.165) is 12.4 Å². The van der Waals surface area contributed by atoms with Gasteiger partial charge in [0.25, 0.3) is 0 Å². The van der Waals surface area contributed by atoms with E-state index < -0.39 is 29.3 Å². The molecule has 0 saturated heterocycles. The van der Waals surface area contributed by atoms with Gasteiger partial charge in [-0.05, 0) is 11.8 Å². The van der Waals surface area contributed by atoms with Crippen LogP contribution in [-0.4, -0.2) is 21.0 Å². The van der Waals surface area contributed by atoms with E-state index in [0.29, 0.717) is 6.42 Å². The number of hydrogen-bond donors (Lipinski definition) is 1. The number of halogens is 3. The Balaban J connectivity index is 3.16. The van der Waals surface area contributed by atoms with Gasteiger partial charge in [0.15, 0.2) is 0 Å². The Kier molecular flexibility index (Phi) is 4.17. The van der Waals surface area contributed by atoms with E-state index in [9.17, 15) is 23.1 Å². The topological polar surface area (TPSA) is 63.1 Å². The second-order valence-corrected chi connectivity index (χ2v) is 4.95. The summed E-state index contributed by atoms with van der Waals surface area (Å²) in [5.74, 6) is -3.32. The summed E-state index contributed by atoms with van der Waals surface area (Å²) in [5, 5.41) is 9.24. The number of hydrogen-bond acceptors (Lipinski definition) is 3. The average Bonchev–Trinajstić information content (AvgIpc) is 2.27. The molecule has 0 aliphatic rings. The van der Waals surface area contributed by atoms with Crippen molar-refractivity contribution in [3.8, 4) is 0 Å². The van der Waals surface area contributed by atoms with E-state index in [1.807, 2.05) is 6.92 Å². The smallest absolute Gasteiger partial charge is 0.451 e. The van der Waals surface area contributed by atoms with Crippen LogP contribution in [0.2, 0.25) is 0 Å². The molecule has 1 unspecified atom stereocenters. The number of aliphatic carboxylic acids is 1. The third-order valence-corrected chi connectivity index (χ3v) is 3.20. The molecule has 0 bridgehead atoms. The first-order valence-corrected chi connectivity index (χ1v) is 5.71. The van der Waals surface area contributed by atoms with E-state index in [1.54, 1.807) is 13.8 Å². The first kappa shape index (κ1) is 15.4. The number of carboxylic acid groups (broad SMARTS) is 1. The minimum atomic E-state index is -4.63. The van der Waals surface area contributed by atoms with Crippen molar-refractivity contribution in [2.45, 2.75) is 39.3 Å². The third kappa shape index (κ3) is 3.42. The molecule has 1 heterocycles. The maximum absolute atomic E-state index is 12.3. The van der Waals surface area contributed by atoms with Gasteiger partial charge in [0, 0.05) is 18.0 Å². The van der Waals surface area contributed by atoms with Crippen molar-refractivity contribution in [1.29, 1.82) is 0 Å². The Bertz CT molecular complexity index is 455. The van der Waals surface area contributed by atoms with Crippen LogP contribution in [0.1, 0.15) is 44.5 Å². The van der Waals surface area contributed by atoms with Gasteiger partial charge in [0.1, 0.15) is 0 Å². The minimum Gasteiger partial charge on any atom is -0.481 e. The SMILES string of the molecule is CCC(C)(C)C(C(=O)O)c1cnc(C(F)(F)F)nc1. The lowest BCUT2D eigenvalue weighted by Gasteiger charge is -2.30. The fourth-order valence-corrected chi connectivity index (χ4v) is 1.77. The highest BCUT2D eigenvalue weighted by atomic mass is 19.4. The highest BCUT2D eigenvalue weighted by molar-refractivity contribution is 5.76. The number of nitrogens with zero attached hydrogens (tertiary/aromatic N) is 2. The molecular weight excluding hydrogens is 261 g/mol. The number of carbonyl (C=O) groups is 1. The van der Waals surface area contributed by atoms with Crippen molar-refractivity contribution >= 4 is 5.97 Å². The highest BCUT2D eigenvalue weighted by Gasteiger charge is 2.38. The molecule has 0 amide bonds. The van der Waals surface area contributed by atoms with Gasteiger partial charge >= 0.3 is 12.1 Å². The number of carboxylic acids is 1. The van der Waals surface area contributed by atoms with Crippen molar-refractivity contribution in [3.05, 3.63) is 23.8 Å². The van der Waals surface area contributed by atoms with Gasteiger partial charge in [-0.2, -0.15) is 13.2 Å². The summed E-state index contributed by atoms with van der Waals surface area (Å²) in [6, 6.07) is 0. The third-order valence-electron chi connectivity index (χ3n) is 3.20. The lowest BCUT2D eigenvalue weighted by Crippen LogP contribution is -2.29. The Morgan fingerprint density at radius 3 is 2.11 bits per heavy atom. The first-order chi connectivity index (χ1) is 8.59. The van der Waals surface area contributed by atoms with E-state index in [2.05, 4.69) is 9.97 Å². The molecule has 19 heavy (non-hydrogen) atoms. The number of aromatic nitrogens is 2. The predicted molar refractivity (Wildman–Crippen MR) is 61.5 cm³/mol. The van der Waals surface area contributed by atoms with Crippen molar-refractivity contribution in [1.82, 2.24) is 9.97 Å². The van der Waals surface area contributed by atoms with Gasteiger partial charge in [0.2, 0.25) is 5.82 Å². The fraction of sp³-hybridized carbons (Fsp3) is 0.583. The molecule has 1 rings (SSSR count). The Labute approximate surface area is 108 Å². The van der Waals surface area contributed by atoms with Crippen molar-refractivity contribution in [3.63, 3.8) is 0 Å². The summed E-state index contributed by atoms with van der Waals surface area (Å²) in [5.41, 5.74) is -0.429. The quantitative estimate of drug-likeness (QED) is 0.917. The zero-order valence-corrected chi connectivity index (χ0v) is 10.8. The standard InChI is InChI=1S/C12H15F3N2O2/c1-4-11(2,3)8(9(18)19)7-5-16-10(17-6-7)12(13,14)15/h5-6,8H,4H2,1-3H3,(H,18,19). The van der Waals surface area contributed by atoms with Crippen LogP contribution in [0, 0.1) is 5.41 Å². The molecule has 0 radical (unpaired) electrons. The summed E-state index contributed by atoms with van der Waals surface area (Å²) in [6.45, 7) is 5.30. The van der Waals surface area contributed by atoms with Crippen LogP contribution in [0.4, 0.5) is 13.2 Å². The Morgan fingerprint density at radius 2 is 1.79 bits per heavy atom. The maximum atomic E-state index is 12.3. The van der Waals surface area contributed by atoms with E-state index >= 15 is 0 Å². The Hall–Kier alpha value is -1.66. The second kappa shape index (κ2) is 5.14. The fourth-order valence-electron chi connectivity index (χ4n) is 1.77. The molecule has 1 aromatic heterocycles.